The standard InChI is InChI=1S/C25H28N4O/c30-25(28-17-13-21(14-18-28)27-15-7-8-16-27)23-19-29(22-11-5-2-6-12-22)26-24(23)20-9-3-1-4-10-20/h1-6,9-12,19,21H,7-8,13-18H2. The molecular weight excluding hydrogens is 372 g/mol. The third-order valence-electron chi connectivity index (χ3n) is 6.42. The van der Waals surface area contributed by atoms with Crippen LogP contribution in [0.2, 0.25) is 0 Å². The van der Waals surface area contributed by atoms with Gasteiger partial charge < -0.3 is 9.80 Å². The summed E-state index contributed by atoms with van der Waals surface area (Å²) in [6, 6.07) is 20.6. The predicted octanol–water partition coefficient (Wildman–Crippen LogP) is 4.24. The van der Waals surface area contributed by atoms with E-state index >= 15 is 0 Å². The van der Waals surface area contributed by atoms with Gasteiger partial charge in [0.2, 0.25) is 0 Å². The van der Waals surface area contributed by atoms with Crippen molar-refractivity contribution in [2.45, 2.75) is 31.7 Å². The fourth-order valence-corrected chi connectivity index (χ4v) is 4.76. The third kappa shape index (κ3) is 3.77. The second-order valence-corrected chi connectivity index (χ2v) is 8.30. The molecule has 1 amide bonds. The van der Waals surface area contributed by atoms with Crippen molar-refractivity contribution in [1.29, 1.82) is 0 Å². The van der Waals surface area contributed by atoms with Crippen molar-refractivity contribution < 1.29 is 4.79 Å². The van der Waals surface area contributed by atoms with E-state index in [4.69, 9.17) is 5.10 Å². The summed E-state index contributed by atoms with van der Waals surface area (Å²) in [7, 11) is 0. The lowest BCUT2D eigenvalue weighted by Crippen LogP contribution is -2.45. The van der Waals surface area contributed by atoms with Gasteiger partial charge in [0, 0.05) is 30.9 Å². The lowest BCUT2D eigenvalue weighted by atomic mass is 10.0. The average molecular weight is 401 g/mol. The van der Waals surface area contributed by atoms with E-state index in [9.17, 15) is 4.79 Å². The molecule has 2 aromatic carbocycles. The van der Waals surface area contributed by atoms with E-state index in [1.807, 2.05) is 76.4 Å². The van der Waals surface area contributed by atoms with Crippen molar-refractivity contribution in [2.24, 2.45) is 0 Å². The molecule has 3 heterocycles. The highest BCUT2D eigenvalue weighted by Crippen LogP contribution is 2.27. The Bertz CT molecular complexity index is 985. The molecule has 3 aromatic rings. The fourth-order valence-electron chi connectivity index (χ4n) is 4.76. The Kier molecular flexibility index (Phi) is 5.37. The van der Waals surface area contributed by atoms with Crippen molar-refractivity contribution in [3.8, 4) is 16.9 Å². The van der Waals surface area contributed by atoms with Crippen LogP contribution in [0.25, 0.3) is 16.9 Å². The molecule has 0 N–H and O–H groups in total. The fraction of sp³-hybridized carbons (Fsp3) is 0.360. The summed E-state index contributed by atoms with van der Waals surface area (Å²) in [6.07, 6.45) is 6.67. The molecule has 2 aliphatic rings. The first kappa shape index (κ1) is 19.1. The summed E-state index contributed by atoms with van der Waals surface area (Å²) in [6.45, 7) is 4.09. The number of carbonyl (C=O) groups is 1. The summed E-state index contributed by atoms with van der Waals surface area (Å²) in [5.41, 5.74) is 3.37. The molecule has 0 unspecified atom stereocenters. The van der Waals surface area contributed by atoms with E-state index in [0.29, 0.717) is 11.6 Å². The van der Waals surface area contributed by atoms with Gasteiger partial charge in [0.25, 0.3) is 5.91 Å². The molecule has 0 aliphatic carbocycles. The molecule has 0 bridgehead atoms. The first-order valence-electron chi connectivity index (χ1n) is 11.0. The van der Waals surface area contributed by atoms with Crippen molar-refractivity contribution in [3.05, 3.63) is 72.4 Å². The molecule has 5 nitrogen and oxygen atoms in total. The molecule has 2 aliphatic heterocycles. The predicted molar refractivity (Wildman–Crippen MR) is 119 cm³/mol. The van der Waals surface area contributed by atoms with Crippen molar-refractivity contribution >= 4 is 5.91 Å². The van der Waals surface area contributed by atoms with E-state index < -0.39 is 0 Å². The highest BCUT2D eigenvalue weighted by atomic mass is 16.2. The summed E-state index contributed by atoms with van der Waals surface area (Å²) in [4.78, 5) is 18.2. The van der Waals surface area contributed by atoms with Gasteiger partial charge in [-0.1, -0.05) is 48.5 Å². The van der Waals surface area contributed by atoms with Crippen molar-refractivity contribution in [3.63, 3.8) is 0 Å². The second kappa shape index (κ2) is 8.44. The molecule has 0 atom stereocenters. The molecule has 154 valence electrons. The zero-order valence-electron chi connectivity index (χ0n) is 17.3. The van der Waals surface area contributed by atoms with Crippen LogP contribution in [0.5, 0.6) is 0 Å². The SMILES string of the molecule is O=C(c1cn(-c2ccccc2)nc1-c1ccccc1)N1CCC(N2CCCC2)CC1. The molecule has 2 fully saturated rings. The summed E-state index contributed by atoms with van der Waals surface area (Å²) in [5, 5.41) is 4.81. The van der Waals surface area contributed by atoms with Crippen LogP contribution in [0.3, 0.4) is 0 Å². The highest BCUT2D eigenvalue weighted by molar-refractivity contribution is 6.00. The van der Waals surface area contributed by atoms with Gasteiger partial charge in [-0.15, -0.1) is 0 Å². The lowest BCUT2D eigenvalue weighted by molar-refractivity contribution is 0.0645. The number of para-hydroxylation sites is 1. The van der Waals surface area contributed by atoms with E-state index in [0.717, 1.165) is 42.9 Å². The maximum absolute atomic E-state index is 13.5. The molecule has 0 saturated carbocycles. The minimum absolute atomic E-state index is 0.0934. The maximum Gasteiger partial charge on any atom is 0.257 e. The monoisotopic (exact) mass is 400 g/mol. The van der Waals surface area contributed by atoms with Crippen LogP contribution in [0.15, 0.2) is 66.9 Å². The smallest absolute Gasteiger partial charge is 0.257 e. The number of carbonyl (C=O) groups excluding carboxylic acids is 1. The lowest BCUT2D eigenvalue weighted by Gasteiger charge is -2.36. The number of hydrogen-bond acceptors (Lipinski definition) is 3. The van der Waals surface area contributed by atoms with Gasteiger partial charge in [0.15, 0.2) is 0 Å². The minimum Gasteiger partial charge on any atom is -0.338 e. The first-order chi connectivity index (χ1) is 14.8. The summed E-state index contributed by atoms with van der Waals surface area (Å²) >= 11 is 0. The number of rotatable bonds is 4. The van der Waals surface area contributed by atoms with E-state index in [1.54, 1.807) is 0 Å². The maximum atomic E-state index is 13.5. The normalized spacial score (nSPS) is 18.1. The Balaban J connectivity index is 1.41. The Morgan fingerprint density at radius 1 is 0.833 bits per heavy atom. The zero-order valence-corrected chi connectivity index (χ0v) is 17.3. The van der Waals surface area contributed by atoms with Gasteiger partial charge in [0.05, 0.1) is 11.3 Å². The quantitative estimate of drug-likeness (QED) is 0.658. The van der Waals surface area contributed by atoms with Crippen LogP contribution in [-0.4, -0.2) is 57.7 Å². The van der Waals surface area contributed by atoms with Crippen molar-refractivity contribution in [1.82, 2.24) is 19.6 Å². The number of benzene rings is 2. The molecule has 0 spiro atoms. The molecule has 1 aromatic heterocycles. The molecule has 5 rings (SSSR count). The second-order valence-electron chi connectivity index (χ2n) is 8.30. The minimum atomic E-state index is 0.0934. The topological polar surface area (TPSA) is 41.4 Å². The van der Waals surface area contributed by atoms with Gasteiger partial charge in [0.1, 0.15) is 5.69 Å². The molecule has 5 heteroatoms. The van der Waals surface area contributed by atoms with E-state index in [-0.39, 0.29) is 5.91 Å². The third-order valence-corrected chi connectivity index (χ3v) is 6.42. The Morgan fingerprint density at radius 2 is 1.47 bits per heavy atom. The first-order valence-corrected chi connectivity index (χ1v) is 11.0. The molecule has 2 saturated heterocycles. The Hall–Kier alpha value is -2.92. The summed E-state index contributed by atoms with van der Waals surface area (Å²) in [5.74, 6) is 0.0934. The van der Waals surface area contributed by atoms with Crippen LogP contribution in [0, 0.1) is 0 Å². The zero-order chi connectivity index (χ0) is 20.3. The van der Waals surface area contributed by atoms with Crippen LogP contribution < -0.4 is 0 Å². The number of hydrogen-bond donors (Lipinski definition) is 0. The highest BCUT2D eigenvalue weighted by Gasteiger charge is 2.30. The summed E-state index contributed by atoms with van der Waals surface area (Å²) < 4.78 is 1.83. The van der Waals surface area contributed by atoms with Crippen molar-refractivity contribution in [2.75, 3.05) is 26.2 Å². The number of aromatic nitrogens is 2. The Labute approximate surface area is 177 Å². The number of piperidine rings is 1. The largest absolute Gasteiger partial charge is 0.338 e. The van der Waals surface area contributed by atoms with Crippen LogP contribution in [0.1, 0.15) is 36.0 Å². The van der Waals surface area contributed by atoms with Gasteiger partial charge >= 0.3 is 0 Å². The average Bonchev–Trinajstić information content (AvgIpc) is 3.51. The molecular formula is C25H28N4O. The van der Waals surface area contributed by atoms with Gasteiger partial charge in [-0.3, -0.25) is 4.79 Å². The van der Waals surface area contributed by atoms with Crippen LogP contribution in [-0.2, 0) is 0 Å². The van der Waals surface area contributed by atoms with E-state index in [1.165, 1.54) is 25.9 Å². The van der Waals surface area contributed by atoms with Crippen LogP contribution >= 0.6 is 0 Å². The number of likely N-dealkylation sites (tertiary alicyclic amines) is 2. The van der Waals surface area contributed by atoms with Gasteiger partial charge in [-0.05, 0) is 50.9 Å². The number of amides is 1. The van der Waals surface area contributed by atoms with E-state index in [2.05, 4.69) is 4.90 Å². The molecule has 0 radical (unpaired) electrons. The molecule has 30 heavy (non-hydrogen) atoms. The van der Waals surface area contributed by atoms with Crippen LogP contribution in [0.4, 0.5) is 0 Å². The van der Waals surface area contributed by atoms with Gasteiger partial charge in [-0.25, -0.2) is 4.68 Å². The number of nitrogens with zero attached hydrogens (tertiary/aromatic N) is 4. The Morgan fingerprint density at radius 3 is 2.13 bits per heavy atom. The van der Waals surface area contributed by atoms with Gasteiger partial charge in [-0.2, -0.15) is 5.10 Å².